The van der Waals surface area contributed by atoms with Gasteiger partial charge in [0.15, 0.2) is 0 Å². The number of benzene rings is 3. The monoisotopic (exact) mass is 304 g/mol. The van der Waals surface area contributed by atoms with Crippen LogP contribution in [0.1, 0.15) is 23.6 Å². The summed E-state index contributed by atoms with van der Waals surface area (Å²) in [5.41, 5.74) is 3.31. The summed E-state index contributed by atoms with van der Waals surface area (Å²) >= 11 is 0. The number of hydrogen-bond donors (Lipinski definition) is 2. The molecule has 116 valence electrons. The van der Waals surface area contributed by atoms with Crippen LogP contribution in [0.2, 0.25) is 0 Å². The van der Waals surface area contributed by atoms with Crippen molar-refractivity contribution in [3.05, 3.63) is 95.6 Å². The molecule has 0 heterocycles. The molecule has 0 spiro atoms. The molecule has 1 unspecified atom stereocenters. The van der Waals surface area contributed by atoms with E-state index in [1.807, 2.05) is 42.5 Å². The lowest BCUT2D eigenvalue weighted by Crippen LogP contribution is -2.26. The highest BCUT2D eigenvalue weighted by molar-refractivity contribution is 5.43. The highest BCUT2D eigenvalue weighted by Gasteiger charge is 2.29. The molecule has 23 heavy (non-hydrogen) atoms. The van der Waals surface area contributed by atoms with Gasteiger partial charge in [-0.05, 0) is 47.4 Å². The third-order valence-electron chi connectivity index (χ3n) is 4.41. The number of hydrogen-bond acceptors (Lipinski definition) is 2. The van der Waals surface area contributed by atoms with Crippen LogP contribution in [0.25, 0.3) is 0 Å². The molecule has 0 aliphatic carbocycles. The molecular formula is C21H20O2. The van der Waals surface area contributed by atoms with Crippen LogP contribution >= 0.6 is 0 Å². The van der Waals surface area contributed by atoms with Gasteiger partial charge >= 0.3 is 0 Å². The van der Waals surface area contributed by atoms with E-state index in [4.69, 9.17) is 0 Å². The van der Waals surface area contributed by atoms with Crippen molar-refractivity contribution in [1.29, 1.82) is 0 Å². The molecule has 0 aliphatic heterocycles. The zero-order chi connectivity index (χ0) is 16.3. The molecule has 3 aromatic carbocycles. The van der Waals surface area contributed by atoms with E-state index in [0.29, 0.717) is 0 Å². The van der Waals surface area contributed by atoms with Crippen LogP contribution < -0.4 is 0 Å². The zero-order valence-electron chi connectivity index (χ0n) is 13.1. The average molecular weight is 304 g/mol. The first-order valence-electron chi connectivity index (χ1n) is 7.71. The van der Waals surface area contributed by atoms with Gasteiger partial charge in [-0.2, -0.15) is 0 Å². The SMILES string of the molecule is CC(Cc1ccc(O)cc1)(c1ccccc1)c1ccc(O)cc1. The molecule has 0 aromatic heterocycles. The molecule has 0 aliphatic rings. The Labute approximate surface area is 136 Å². The van der Waals surface area contributed by atoms with E-state index in [1.54, 1.807) is 24.3 Å². The van der Waals surface area contributed by atoms with Gasteiger partial charge in [0.05, 0.1) is 0 Å². The Balaban J connectivity index is 2.06. The van der Waals surface area contributed by atoms with Gasteiger partial charge in [0.1, 0.15) is 11.5 Å². The number of phenolic OH excluding ortho intramolecular Hbond substituents is 2. The normalized spacial score (nSPS) is 13.4. The van der Waals surface area contributed by atoms with Gasteiger partial charge in [-0.3, -0.25) is 0 Å². The minimum absolute atomic E-state index is 0.216. The van der Waals surface area contributed by atoms with Gasteiger partial charge in [-0.15, -0.1) is 0 Å². The maximum absolute atomic E-state index is 9.59. The third kappa shape index (κ3) is 3.21. The maximum atomic E-state index is 9.59. The van der Waals surface area contributed by atoms with E-state index >= 15 is 0 Å². The summed E-state index contributed by atoms with van der Waals surface area (Å²) in [6, 6.07) is 25.1. The summed E-state index contributed by atoms with van der Waals surface area (Å²) in [5.74, 6) is 0.550. The predicted octanol–water partition coefficient (Wildman–Crippen LogP) is 4.65. The molecule has 0 saturated heterocycles. The molecule has 2 heteroatoms. The third-order valence-corrected chi connectivity index (χ3v) is 4.41. The Morgan fingerprint density at radius 1 is 0.652 bits per heavy atom. The van der Waals surface area contributed by atoms with E-state index in [0.717, 1.165) is 17.5 Å². The molecule has 0 saturated carbocycles. The Kier molecular flexibility index (Phi) is 4.07. The predicted molar refractivity (Wildman–Crippen MR) is 92.8 cm³/mol. The van der Waals surface area contributed by atoms with E-state index in [1.165, 1.54) is 5.56 Å². The lowest BCUT2D eigenvalue weighted by atomic mass is 9.72. The Bertz CT molecular complexity index is 761. The van der Waals surface area contributed by atoms with Gasteiger partial charge in [0, 0.05) is 5.41 Å². The van der Waals surface area contributed by atoms with Crippen molar-refractivity contribution >= 4 is 0 Å². The fourth-order valence-electron chi connectivity index (χ4n) is 3.03. The minimum atomic E-state index is -0.216. The summed E-state index contributed by atoms with van der Waals surface area (Å²) in [7, 11) is 0. The molecule has 2 nitrogen and oxygen atoms in total. The first kappa shape index (κ1) is 15.2. The summed E-state index contributed by atoms with van der Waals surface area (Å²) in [4.78, 5) is 0. The average Bonchev–Trinajstić information content (AvgIpc) is 2.58. The van der Waals surface area contributed by atoms with Gasteiger partial charge in [0.2, 0.25) is 0 Å². The fraction of sp³-hybridized carbons (Fsp3) is 0.143. The topological polar surface area (TPSA) is 40.5 Å². The smallest absolute Gasteiger partial charge is 0.115 e. The Morgan fingerprint density at radius 3 is 1.70 bits per heavy atom. The van der Waals surface area contributed by atoms with Crippen LogP contribution in [0.3, 0.4) is 0 Å². The standard InChI is InChI=1S/C21H20O2/c1-21(17-5-3-2-4-6-17,18-9-13-20(23)14-10-18)15-16-7-11-19(22)12-8-16/h2-14,22-23H,15H2,1H3. The van der Waals surface area contributed by atoms with Crippen LogP contribution in [-0.4, -0.2) is 10.2 Å². The molecular weight excluding hydrogens is 284 g/mol. The second kappa shape index (κ2) is 6.17. The van der Waals surface area contributed by atoms with Gasteiger partial charge in [-0.1, -0.05) is 61.5 Å². The Hall–Kier alpha value is -2.74. The molecule has 2 N–H and O–H groups in total. The first-order valence-corrected chi connectivity index (χ1v) is 7.71. The van der Waals surface area contributed by atoms with Crippen molar-refractivity contribution in [2.24, 2.45) is 0 Å². The van der Waals surface area contributed by atoms with Gasteiger partial charge in [-0.25, -0.2) is 0 Å². The van der Waals surface area contributed by atoms with Crippen molar-refractivity contribution in [2.45, 2.75) is 18.8 Å². The fourth-order valence-corrected chi connectivity index (χ4v) is 3.03. The lowest BCUT2D eigenvalue weighted by Gasteiger charge is -2.31. The summed E-state index contributed by atoms with van der Waals surface area (Å²) < 4.78 is 0. The minimum Gasteiger partial charge on any atom is -0.508 e. The summed E-state index contributed by atoms with van der Waals surface area (Å²) in [5, 5.41) is 19.1. The number of phenols is 2. The van der Waals surface area contributed by atoms with Crippen LogP contribution in [0.15, 0.2) is 78.9 Å². The van der Waals surface area contributed by atoms with Crippen molar-refractivity contribution in [1.82, 2.24) is 0 Å². The van der Waals surface area contributed by atoms with E-state index in [-0.39, 0.29) is 16.9 Å². The molecule has 1 atom stereocenters. The second-order valence-electron chi connectivity index (χ2n) is 6.09. The van der Waals surface area contributed by atoms with Crippen LogP contribution in [0, 0.1) is 0 Å². The van der Waals surface area contributed by atoms with Crippen LogP contribution in [0.5, 0.6) is 11.5 Å². The Morgan fingerprint density at radius 2 is 1.13 bits per heavy atom. The highest BCUT2D eigenvalue weighted by Crippen LogP contribution is 2.36. The summed E-state index contributed by atoms with van der Waals surface area (Å²) in [6.07, 6.45) is 0.808. The van der Waals surface area contributed by atoms with Gasteiger partial charge < -0.3 is 10.2 Å². The lowest BCUT2D eigenvalue weighted by molar-refractivity contribution is 0.472. The van der Waals surface area contributed by atoms with E-state index in [9.17, 15) is 10.2 Å². The molecule has 0 bridgehead atoms. The highest BCUT2D eigenvalue weighted by atomic mass is 16.3. The molecule has 0 radical (unpaired) electrons. The molecule has 3 rings (SSSR count). The van der Waals surface area contributed by atoms with Gasteiger partial charge in [0.25, 0.3) is 0 Å². The molecule has 3 aromatic rings. The van der Waals surface area contributed by atoms with Crippen LogP contribution in [0.4, 0.5) is 0 Å². The largest absolute Gasteiger partial charge is 0.508 e. The first-order chi connectivity index (χ1) is 11.1. The molecule has 0 amide bonds. The molecule has 0 fully saturated rings. The summed E-state index contributed by atoms with van der Waals surface area (Å²) in [6.45, 7) is 2.21. The van der Waals surface area contributed by atoms with Crippen LogP contribution in [-0.2, 0) is 11.8 Å². The van der Waals surface area contributed by atoms with E-state index in [2.05, 4.69) is 19.1 Å². The van der Waals surface area contributed by atoms with Crippen molar-refractivity contribution in [2.75, 3.05) is 0 Å². The van der Waals surface area contributed by atoms with E-state index < -0.39 is 0 Å². The van der Waals surface area contributed by atoms with Crippen molar-refractivity contribution in [3.8, 4) is 11.5 Å². The number of rotatable bonds is 4. The second-order valence-corrected chi connectivity index (χ2v) is 6.09. The maximum Gasteiger partial charge on any atom is 0.115 e. The number of aromatic hydroxyl groups is 2. The quantitative estimate of drug-likeness (QED) is 0.737. The van der Waals surface area contributed by atoms with Crippen molar-refractivity contribution < 1.29 is 10.2 Å². The van der Waals surface area contributed by atoms with Crippen molar-refractivity contribution in [3.63, 3.8) is 0 Å². The zero-order valence-corrected chi connectivity index (χ0v) is 13.1.